The third-order valence-corrected chi connectivity index (χ3v) is 10.9. The summed E-state index contributed by atoms with van der Waals surface area (Å²) < 4.78 is 32.4. The van der Waals surface area contributed by atoms with Crippen molar-refractivity contribution in [2.75, 3.05) is 19.7 Å². The molecule has 40 heavy (non-hydrogen) atoms. The zero-order chi connectivity index (χ0) is 27.5. The first-order valence-corrected chi connectivity index (χ1v) is 15.7. The molecule has 5 unspecified atom stereocenters. The maximum atomic E-state index is 13.6. The number of benzene rings is 2. The number of aromatic hydroxyl groups is 1. The van der Waals surface area contributed by atoms with Gasteiger partial charge in [0.2, 0.25) is 0 Å². The number of Topliss-reactive ketones (excluding diaryl/α,β-unsaturated/α-hetero) is 1. The number of phenolic OH excluding ortho intramolecular Hbond substituents is 1. The lowest BCUT2D eigenvalue weighted by Gasteiger charge is -2.63. The molecule has 5 aliphatic rings. The number of rotatable bonds is 9. The fourth-order valence-electron chi connectivity index (χ4n) is 8.26. The lowest BCUT2D eigenvalue weighted by Crippen LogP contribution is -2.77. The summed E-state index contributed by atoms with van der Waals surface area (Å²) in [4.78, 5) is 15.8. The molecule has 1 saturated carbocycles. The Morgan fingerprint density at radius 2 is 2.00 bits per heavy atom. The van der Waals surface area contributed by atoms with E-state index in [1.165, 1.54) is 16.7 Å². The molecule has 2 aromatic rings. The highest BCUT2D eigenvalue weighted by atomic mass is 32.2. The summed E-state index contributed by atoms with van der Waals surface area (Å²) in [6, 6.07) is 12.1. The number of fused-ring (bicyclic) bond motifs is 1. The van der Waals surface area contributed by atoms with Crippen molar-refractivity contribution in [3.63, 3.8) is 0 Å². The molecule has 2 heterocycles. The van der Waals surface area contributed by atoms with Crippen LogP contribution in [0, 0.1) is 0 Å². The predicted molar refractivity (Wildman–Crippen MR) is 151 cm³/mol. The van der Waals surface area contributed by atoms with Crippen molar-refractivity contribution in [1.82, 2.24) is 4.90 Å². The van der Waals surface area contributed by atoms with E-state index in [2.05, 4.69) is 42.2 Å². The monoisotopic (exact) mass is 563 g/mol. The number of likely N-dealkylation sites (tertiary alicyclic amines) is 1. The minimum absolute atomic E-state index is 0.0275. The average Bonchev–Trinajstić information content (AvgIpc) is 3.32. The number of hydrogen-bond donors (Lipinski definition) is 1. The van der Waals surface area contributed by atoms with Crippen molar-refractivity contribution in [2.45, 2.75) is 87.9 Å². The summed E-state index contributed by atoms with van der Waals surface area (Å²) in [7, 11) is 0. The molecule has 7 rings (SSSR count). The van der Waals surface area contributed by atoms with Gasteiger partial charge in [0.25, 0.3) is 0 Å². The molecular weight excluding hydrogens is 526 g/mol. The van der Waals surface area contributed by atoms with Gasteiger partial charge in [-0.2, -0.15) is 4.21 Å². The molecule has 1 spiro atoms. The molecule has 1 saturated heterocycles. The van der Waals surface area contributed by atoms with Crippen LogP contribution in [0.15, 0.2) is 48.0 Å². The van der Waals surface area contributed by atoms with Crippen LogP contribution in [-0.4, -0.2) is 57.4 Å². The molecule has 8 heteroatoms. The van der Waals surface area contributed by atoms with E-state index in [0.717, 1.165) is 49.9 Å². The quantitative estimate of drug-likeness (QED) is 0.445. The van der Waals surface area contributed by atoms with Crippen molar-refractivity contribution in [1.29, 1.82) is 0 Å². The molecule has 0 aromatic heterocycles. The Bertz CT molecular complexity index is 1410. The van der Waals surface area contributed by atoms with E-state index in [4.69, 9.17) is 13.1 Å². The van der Waals surface area contributed by atoms with Crippen LogP contribution >= 0.6 is 0 Å². The van der Waals surface area contributed by atoms with Gasteiger partial charge >= 0.3 is 11.4 Å². The van der Waals surface area contributed by atoms with E-state index in [-0.39, 0.29) is 24.0 Å². The van der Waals surface area contributed by atoms with Gasteiger partial charge in [0.05, 0.1) is 12.0 Å². The topological polar surface area (TPSA) is 85.3 Å². The van der Waals surface area contributed by atoms with Crippen LogP contribution in [0.2, 0.25) is 0 Å². The number of nitrogens with zero attached hydrogens (tertiary/aromatic N) is 1. The summed E-state index contributed by atoms with van der Waals surface area (Å²) in [5.41, 5.74) is 4.28. The van der Waals surface area contributed by atoms with Crippen molar-refractivity contribution >= 4 is 17.1 Å². The second-order valence-electron chi connectivity index (χ2n) is 12.0. The Balaban J connectivity index is 1.17. The molecule has 3 aliphatic carbocycles. The first-order valence-electron chi connectivity index (χ1n) is 14.7. The van der Waals surface area contributed by atoms with Gasteiger partial charge in [0.1, 0.15) is 5.60 Å². The van der Waals surface area contributed by atoms with Crippen molar-refractivity contribution < 1.29 is 27.2 Å². The number of unbranched alkanes of at least 4 members (excludes halogenated alkanes) is 1. The predicted octanol–water partition coefficient (Wildman–Crippen LogP) is 4.65. The number of hydrogen-bond acceptors (Lipinski definition) is 7. The second-order valence-corrected chi connectivity index (χ2v) is 12.8. The summed E-state index contributed by atoms with van der Waals surface area (Å²) >= 11 is -2.00. The van der Waals surface area contributed by atoms with Gasteiger partial charge in [0, 0.05) is 18.0 Å². The second kappa shape index (κ2) is 10.1. The third-order valence-electron chi connectivity index (χ3n) is 10.1. The average molecular weight is 564 g/mol. The van der Waals surface area contributed by atoms with Crippen LogP contribution < -0.4 is 4.74 Å². The molecular formula is C32H37NO6S. The Hall–Kier alpha value is -2.52. The number of phenols is 1. The Morgan fingerprint density at radius 3 is 2.85 bits per heavy atom. The van der Waals surface area contributed by atoms with E-state index >= 15 is 0 Å². The van der Waals surface area contributed by atoms with E-state index in [1.54, 1.807) is 6.07 Å². The summed E-state index contributed by atoms with van der Waals surface area (Å²) in [5.74, 6) is 0.484. The number of carbonyl (C=O) groups is 1. The maximum Gasteiger partial charge on any atom is 0.305 e. The van der Waals surface area contributed by atoms with Gasteiger partial charge < -0.3 is 9.84 Å². The number of piperidine rings is 1. The van der Waals surface area contributed by atoms with Gasteiger partial charge in [-0.1, -0.05) is 55.3 Å². The van der Waals surface area contributed by atoms with Gasteiger partial charge in [-0.3, -0.25) is 18.1 Å². The van der Waals surface area contributed by atoms with E-state index in [9.17, 15) is 14.1 Å². The first kappa shape index (κ1) is 26.4. The Morgan fingerprint density at radius 1 is 1.15 bits per heavy atom. The van der Waals surface area contributed by atoms with Crippen molar-refractivity contribution in [2.24, 2.45) is 0 Å². The van der Waals surface area contributed by atoms with Gasteiger partial charge in [-0.15, -0.1) is 0 Å². The molecule has 212 valence electrons. The lowest BCUT2D eigenvalue weighted by molar-refractivity contribution is -0.176. The molecule has 0 radical (unpaired) electrons. The SMILES string of the molecule is CCCCN1CCC23c4c5ccc(O)c4OC2C(=O)CCC3(OS(=O)OCCC2=CCc3ccccc3C2)C1C5. The zero-order valence-corrected chi connectivity index (χ0v) is 23.8. The van der Waals surface area contributed by atoms with Crippen molar-refractivity contribution in [3.05, 3.63) is 70.3 Å². The fourth-order valence-corrected chi connectivity index (χ4v) is 9.11. The molecule has 1 N–H and O–H groups in total. The van der Waals surface area contributed by atoms with Gasteiger partial charge in [-0.25, -0.2) is 0 Å². The summed E-state index contributed by atoms with van der Waals surface area (Å²) in [6.07, 6.45) is 8.24. The fraction of sp³-hybridized carbons (Fsp3) is 0.531. The number of ketones is 1. The van der Waals surface area contributed by atoms with Crippen LogP contribution in [-0.2, 0) is 49.2 Å². The van der Waals surface area contributed by atoms with E-state index in [1.807, 2.05) is 6.07 Å². The van der Waals surface area contributed by atoms with Crippen LogP contribution in [0.5, 0.6) is 11.5 Å². The molecule has 2 fully saturated rings. The Kier molecular flexibility index (Phi) is 6.65. The van der Waals surface area contributed by atoms with Gasteiger partial charge in [-0.05, 0) is 80.8 Å². The minimum atomic E-state index is -2.00. The molecule has 7 nitrogen and oxygen atoms in total. The summed E-state index contributed by atoms with van der Waals surface area (Å²) in [5, 5.41) is 10.8. The van der Waals surface area contributed by atoms with Crippen LogP contribution in [0.25, 0.3) is 0 Å². The number of ether oxygens (including phenoxy) is 1. The third kappa shape index (κ3) is 3.86. The lowest BCUT2D eigenvalue weighted by atomic mass is 9.49. The normalized spacial score (nSPS) is 30.7. The van der Waals surface area contributed by atoms with Crippen LogP contribution in [0.3, 0.4) is 0 Å². The maximum absolute atomic E-state index is 13.6. The highest BCUT2D eigenvalue weighted by Gasteiger charge is 2.75. The molecule has 2 aromatic carbocycles. The zero-order valence-electron chi connectivity index (χ0n) is 23.0. The molecule has 2 aliphatic heterocycles. The first-order chi connectivity index (χ1) is 19.5. The number of allylic oxidation sites excluding steroid dienone is 1. The van der Waals surface area contributed by atoms with E-state index in [0.29, 0.717) is 38.0 Å². The Labute approximate surface area is 238 Å². The summed E-state index contributed by atoms with van der Waals surface area (Å²) in [6.45, 7) is 4.22. The minimum Gasteiger partial charge on any atom is -0.504 e. The highest BCUT2D eigenvalue weighted by molar-refractivity contribution is 7.75. The van der Waals surface area contributed by atoms with Crippen LogP contribution in [0.4, 0.5) is 0 Å². The largest absolute Gasteiger partial charge is 0.504 e. The smallest absolute Gasteiger partial charge is 0.305 e. The van der Waals surface area contributed by atoms with Gasteiger partial charge in [0.15, 0.2) is 23.4 Å². The highest BCUT2D eigenvalue weighted by Crippen LogP contribution is 2.66. The van der Waals surface area contributed by atoms with Crippen molar-refractivity contribution in [3.8, 4) is 11.5 Å². The molecule has 0 amide bonds. The molecule has 5 atom stereocenters. The standard InChI is InChI=1S/C32H37NO6S/c1-2-3-16-33-17-15-31-28-24-10-11-25(34)29(28)38-30(31)26(35)12-14-32(31,27(33)20-24)39-40(36)37-18-13-21-8-9-22-6-4-5-7-23(22)19-21/h4-8,10-11,27,30,34H,2-3,9,12-20H2,1H3. The van der Waals surface area contributed by atoms with E-state index < -0.39 is 28.5 Å². The number of carbonyl (C=O) groups excluding carboxylic acids is 1. The van der Waals surface area contributed by atoms with Crippen LogP contribution in [0.1, 0.15) is 67.7 Å². The molecule has 2 bridgehead atoms.